The summed E-state index contributed by atoms with van der Waals surface area (Å²) in [5, 5.41) is 9.60. The van der Waals surface area contributed by atoms with E-state index in [0.717, 1.165) is 46.9 Å². The molecule has 0 N–H and O–H groups in total. The average molecular weight is 413 g/mol. The zero-order chi connectivity index (χ0) is 20.6. The molecule has 0 fully saturated rings. The second kappa shape index (κ2) is 10.2. The van der Waals surface area contributed by atoms with Crippen LogP contribution in [0.2, 0.25) is 0 Å². The van der Waals surface area contributed by atoms with Crippen molar-refractivity contribution in [2.24, 2.45) is 7.05 Å². The number of anilines is 1. The highest BCUT2D eigenvalue weighted by molar-refractivity contribution is 7.99. The highest BCUT2D eigenvalue weighted by Crippen LogP contribution is 2.27. The molecule has 0 saturated carbocycles. The molecule has 29 heavy (non-hydrogen) atoms. The smallest absolute Gasteiger partial charge is 0.191 e. The first-order chi connectivity index (χ1) is 14.2. The SMILES string of the molecule is CCN(CC)c1ccc(-c2nnc(SCCOc3ccccc3OC)n2C)cc1. The van der Waals surface area contributed by atoms with E-state index in [-0.39, 0.29) is 0 Å². The van der Waals surface area contributed by atoms with E-state index >= 15 is 0 Å². The number of methoxy groups -OCH3 is 1. The molecule has 2 aromatic carbocycles. The monoisotopic (exact) mass is 412 g/mol. The molecule has 0 saturated heterocycles. The van der Waals surface area contributed by atoms with Gasteiger partial charge in [-0.3, -0.25) is 0 Å². The zero-order valence-electron chi connectivity index (χ0n) is 17.5. The molecule has 3 rings (SSSR count). The van der Waals surface area contributed by atoms with Crippen molar-refractivity contribution < 1.29 is 9.47 Å². The lowest BCUT2D eigenvalue weighted by Gasteiger charge is -2.21. The van der Waals surface area contributed by atoms with Crippen LogP contribution >= 0.6 is 11.8 Å². The van der Waals surface area contributed by atoms with Crippen molar-refractivity contribution in [1.29, 1.82) is 0 Å². The maximum Gasteiger partial charge on any atom is 0.191 e. The fourth-order valence-electron chi connectivity index (χ4n) is 3.12. The lowest BCUT2D eigenvalue weighted by Crippen LogP contribution is -2.21. The summed E-state index contributed by atoms with van der Waals surface area (Å²) in [7, 11) is 3.64. The summed E-state index contributed by atoms with van der Waals surface area (Å²) in [5.74, 6) is 3.13. The standard InChI is InChI=1S/C22H28N4O2S/c1-5-26(6-2)18-13-11-17(12-14-18)21-23-24-22(25(21)3)29-16-15-28-20-10-8-7-9-19(20)27-4/h7-14H,5-6,15-16H2,1-4H3. The van der Waals surface area contributed by atoms with Crippen LogP contribution in [0.1, 0.15) is 13.8 Å². The Kier molecular flexibility index (Phi) is 7.41. The Morgan fingerprint density at radius 1 is 0.966 bits per heavy atom. The molecule has 0 radical (unpaired) electrons. The van der Waals surface area contributed by atoms with Crippen LogP contribution in [0.25, 0.3) is 11.4 Å². The molecule has 1 aromatic heterocycles. The summed E-state index contributed by atoms with van der Waals surface area (Å²) < 4.78 is 13.2. The van der Waals surface area contributed by atoms with E-state index in [1.807, 2.05) is 35.9 Å². The topological polar surface area (TPSA) is 52.4 Å². The van der Waals surface area contributed by atoms with E-state index in [1.54, 1.807) is 18.9 Å². The predicted octanol–water partition coefficient (Wildman–Crippen LogP) is 4.51. The van der Waals surface area contributed by atoms with Crippen molar-refractivity contribution in [3.05, 3.63) is 48.5 Å². The van der Waals surface area contributed by atoms with Crippen molar-refractivity contribution in [3.63, 3.8) is 0 Å². The summed E-state index contributed by atoms with van der Waals surface area (Å²) >= 11 is 1.63. The fourth-order valence-corrected chi connectivity index (χ4v) is 3.85. The van der Waals surface area contributed by atoms with Crippen molar-refractivity contribution in [1.82, 2.24) is 14.8 Å². The van der Waals surface area contributed by atoms with Gasteiger partial charge in [0.25, 0.3) is 0 Å². The van der Waals surface area contributed by atoms with E-state index in [9.17, 15) is 0 Å². The first-order valence-corrected chi connectivity index (χ1v) is 10.8. The van der Waals surface area contributed by atoms with Crippen LogP contribution in [-0.4, -0.2) is 47.3 Å². The third kappa shape index (κ3) is 5.03. The van der Waals surface area contributed by atoms with Gasteiger partial charge in [0.15, 0.2) is 22.5 Å². The summed E-state index contributed by atoms with van der Waals surface area (Å²) in [6, 6.07) is 16.2. The van der Waals surface area contributed by atoms with E-state index in [2.05, 4.69) is 53.2 Å². The van der Waals surface area contributed by atoms with Gasteiger partial charge < -0.3 is 18.9 Å². The molecule has 0 aliphatic carbocycles. The van der Waals surface area contributed by atoms with Crippen LogP contribution < -0.4 is 14.4 Å². The zero-order valence-corrected chi connectivity index (χ0v) is 18.3. The van der Waals surface area contributed by atoms with Crippen LogP contribution in [0.3, 0.4) is 0 Å². The number of aromatic nitrogens is 3. The number of rotatable bonds is 10. The minimum absolute atomic E-state index is 0.561. The maximum absolute atomic E-state index is 5.83. The molecule has 3 aromatic rings. The maximum atomic E-state index is 5.83. The molecule has 0 bridgehead atoms. The molecular weight excluding hydrogens is 384 g/mol. The summed E-state index contributed by atoms with van der Waals surface area (Å²) in [4.78, 5) is 2.32. The Morgan fingerprint density at radius 3 is 2.31 bits per heavy atom. The molecule has 7 heteroatoms. The Bertz CT molecular complexity index is 907. The van der Waals surface area contributed by atoms with Gasteiger partial charge >= 0.3 is 0 Å². The Morgan fingerprint density at radius 2 is 1.66 bits per heavy atom. The number of ether oxygens (including phenoxy) is 2. The number of para-hydroxylation sites is 2. The molecule has 6 nitrogen and oxygen atoms in total. The molecule has 0 spiro atoms. The van der Waals surface area contributed by atoms with Crippen LogP contribution in [-0.2, 0) is 7.05 Å². The van der Waals surface area contributed by atoms with Gasteiger partial charge in [-0.05, 0) is 50.2 Å². The van der Waals surface area contributed by atoms with Gasteiger partial charge in [0, 0.05) is 37.1 Å². The lowest BCUT2D eigenvalue weighted by atomic mass is 10.2. The molecule has 0 amide bonds. The minimum Gasteiger partial charge on any atom is -0.493 e. The van der Waals surface area contributed by atoms with Gasteiger partial charge in [-0.2, -0.15) is 0 Å². The molecule has 1 heterocycles. The van der Waals surface area contributed by atoms with E-state index < -0.39 is 0 Å². The third-order valence-electron chi connectivity index (χ3n) is 4.73. The van der Waals surface area contributed by atoms with Crippen LogP contribution in [0.15, 0.2) is 53.7 Å². The van der Waals surface area contributed by atoms with E-state index in [0.29, 0.717) is 6.61 Å². The largest absolute Gasteiger partial charge is 0.493 e. The van der Waals surface area contributed by atoms with Crippen LogP contribution in [0.4, 0.5) is 5.69 Å². The molecule has 0 unspecified atom stereocenters. The normalized spacial score (nSPS) is 10.8. The van der Waals surface area contributed by atoms with Gasteiger partial charge in [-0.15, -0.1) is 10.2 Å². The lowest BCUT2D eigenvalue weighted by molar-refractivity contribution is 0.313. The van der Waals surface area contributed by atoms with Crippen molar-refractivity contribution >= 4 is 17.4 Å². The average Bonchev–Trinajstić information content (AvgIpc) is 3.13. The highest BCUT2D eigenvalue weighted by atomic mass is 32.2. The number of nitrogens with zero attached hydrogens (tertiary/aromatic N) is 4. The molecule has 0 aliphatic rings. The quantitative estimate of drug-likeness (QED) is 0.361. The summed E-state index contributed by atoms with van der Waals surface area (Å²) in [6.07, 6.45) is 0. The first-order valence-electron chi connectivity index (χ1n) is 9.81. The summed E-state index contributed by atoms with van der Waals surface area (Å²) in [6.45, 7) is 6.89. The number of hydrogen-bond donors (Lipinski definition) is 0. The van der Waals surface area contributed by atoms with Gasteiger partial charge in [0.05, 0.1) is 13.7 Å². The van der Waals surface area contributed by atoms with Gasteiger partial charge in [0.2, 0.25) is 0 Å². The van der Waals surface area contributed by atoms with E-state index in [1.165, 1.54) is 5.69 Å². The Hall–Kier alpha value is -2.67. The van der Waals surface area contributed by atoms with E-state index in [4.69, 9.17) is 9.47 Å². The van der Waals surface area contributed by atoms with Crippen molar-refractivity contribution in [3.8, 4) is 22.9 Å². The minimum atomic E-state index is 0.561. The van der Waals surface area contributed by atoms with Crippen molar-refractivity contribution in [2.75, 3.05) is 37.5 Å². The highest BCUT2D eigenvalue weighted by Gasteiger charge is 2.12. The number of hydrogen-bond acceptors (Lipinski definition) is 6. The molecular formula is C22H28N4O2S. The summed E-state index contributed by atoms with van der Waals surface area (Å²) in [5.41, 5.74) is 2.29. The predicted molar refractivity (Wildman–Crippen MR) is 119 cm³/mol. The van der Waals surface area contributed by atoms with Gasteiger partial charge in [0.1, 0.15) is 0 Å². The number of thioether (sulfide) groups is 1. The Balaban J connectivity index is 1.59. The van der Waals surface area contributed by atoms with Crippen LogP contribution in [0.5, 0.6) is 11.5 Å². The molecule has 0 atom stereocenters. The van der Waals surface area contributed by atoms with Crippen LogP contribution in [0, 0.1) is 0 Å². The van der Waals surface area contributed by atoms with Gasteiger partial charge in [-0.25, -0.2) is 0 Å². The molecule has 0 aliphatic heterocycles. The molecule has 154 valence electrons. The Labute approximate surface area is 176 Å². The third-order valence-corrected chi connectivity index (χ3v) is 5.71. The fraction of sp³-hybridized carbons (Fsp3) is 0.364. The first kappa shape index (κ1) is 21.0. The second-order valence-electron chi connectivity index (χ2n) is 6.43. The second-order valence-corrected chi connectivity index (χ2v) is 7.49. The van der Waals surface area contributed by atoms with Gasteiger partial charge in [-0.1, -0.05) is 23.9 Å². The van der Waals surface area contributed by atoms with Crippen molar-refractivity contribution in [2.45, 2.75) is 19.0 Å². The number of benzene rings is 2.